The summed E-state index contributed by atoms with van der Waals surface area (Å²) in [6.45, 7) is 0. The molecular formula is C11H6BrClFNO2S. The van der Waals surface area contributed by atoms with Crippen LogP contribution in [-0.4, -0.2) is 18.1 Å². The minimum absolute atomic E-state index is 0.0296. The van der Waals surface area contributed by atoms with Gasteiger partial charge >= 0.3 is 5.97 Å². The first-order valence-electron chi connectivity index (χ1n) is 4.73. The van der Waals surface area contributed by atoms with Gasteiger partial charge in [0.2, 0.25) is 0 Å². The molecule has 0 aliphatic heterocycles. The number of halogens is 3. The highest BCUT2D eigenvalue weighted by Gasteiger charge is 2.20. The van der Waals surface area contributed by atoms with Gasteiger partial charge in [0.05, 0.1) is 17.0 Å². The Kier molecular flexibility index (Phi) is 3.99. The molecule has 0 unspecified atom stereocenters. The Hall–Kier alpha value is -0.980. The second kappa shape index (κ2) is 5.34. The standard InChI is InChI=1S/C11H6BrClFNO2S/c1-17-10(16)8-9(18-11(12)15-8)5-2-3-6(13)7(14)4-5/h2-4H,1H3. The molecule has 1 aromatic carbocycles. The van der Waals surface area contributed by atoms with Crippen molar-refractivity contribution in [1.29, 1.82) is 0 Å². The monoisotopic (exact) mass is 349 g/mol. The molecule has 0 fully saturated rings. The van der Waals surface area contributed by atoms with Crippen molar-refractivity contribution in [2.24, 2.45) is 0 Å². The highest BCUT2D eigenvalue weighted by Crippen LogP contribution is 2.34. The topological polar surface area (TPSA) is 39.2 Å². The number of benzene rings is 1. The molecule has 0 aliphatic rings. The Morgan fingerprint density at radius 2 is 2.28 bits per heavy atom. The Bertz CT molecular complexity index is 617. The predicted octanol–water partition coefficient (Wildman–Crippen LogP) is 4.15. The van der Waals surface area contributed by atoms with Gasteiger partial charge in [-0.15, -0.1) is 11.3 Å². The number of hydrogen-bond donors (Lipinski definition) is 0. The van der Waals surface area contributed by atoms with Gasteiger partial charge in [0, 0.05) is 0 Å². The van der Waals surface area contributed by atoms with Crippen LogP contribution in [0.2, 0.25) is 5.02 Å². The van der Waals surface area contributed by atoms with E-state index in [1.54, 1.807) is 6.07 Å². The van der Waals surface area contributed by atoms with Crippen molar-refractivity contribution < 1.29 is 13.9 Å². The van der Waals surface area contributed by atoms with E-state index in [-0.39, 0.29) is 10.7 Å². The molecule has 1 aromatic heterocycles. The molecule has 18 heavy (non-hydrogen) atoms. The second-order valence-corrected chi connectivity index (χ2v) is 5.95. The van der Waals surface area contributed by atoms with Crippen LogP contribution in [0, 0.1) is 5.82 Å². The number of nitrogens with zero attached hydrogens (tertiary/aromatic N) is 1. The lowest BCUT2D eigenvalue weighted by Gasteiger charge is -2.02. The van der Waals surface area contributed by atoms with E-state index < -0.39 is 11.8 Å². The number of rotatable bonds is 2. The van der Waals surface area contributed by atoms with Crippen molar-refractivity contribution in [1.82, 2.24) is 4.98 Å². The summed E-state index contributed by atoms with van der Waals surface area (Å²) in [6.07, 6.45) is 0. The summed E-state index contributed by atoms with van der Waals surface area (Å²) in [5, 5.41) is 0.0296. The average molecular weight is 351 g/mol. The fourth-order valence-electron chi connectivity index (χ4n) is 1.36. The SMILES string of the molecule is COC(=O)c1nc(Br)sc1-c1ccc(Cl)c(F)c1. The van der Waals surface area contributed by atoms with Gasteiger partial charge in [0.1, 0.15) is 5.82 Å². The van der Waals surface area contributed by atoms with Crippen molar-refractivity contribution >= 4 is 44.8 Å². The van der Waals surface area contributed by atoms with Gasteiger partial charge in [0.25, 0.3) is 0 Å². The van der Waals surface area contributed by atoms with Gasteiger partial charge in [-0.1, -0.05) is 17.7 Å². The molecular weight excluding hydrogens is 345 g/mol. The van der Waals surface area contributed by atoms with Crippen LogP contribution < -0.4 is 0 Å². The van der Waals surface area contributed by atoms with Crippen LogP contribution in [0.3, 0.4) is 0 Å². The number of thiazole rings is 1. The zero-order valence-corrected chi connectivity index (χ0v) is 12.2. The highest BCUT2D eigenvalue weighted by atomic mass is 79.9. The van der Waals surface area contributed by atoms with Crippen molar-refractivity contribution in [3.05, 3.63) is 38.6 Å². The smallest absolute Gasteiger partial charge is 0.358 e. The second-order valence-electron chi connectivity index (χ2n) is 3.27. The number of aromatic nitrogens is 1. The molecule has 0 saturated heterocycles. The Labute approximate surface area is 120 Å². The number of carbonyl (C=O) groups excluding carboxylic acids is 1. The van der Waals surface area contributed by atoms with Crippen molar-refractivity contribution in [2.75, 3.05) is 7.11 Å². The maximum absolute atomic E-state index is 13.4. The molecule has 0 spiro atoms. The first-order valence-corrected chi connectivity index (χ1v) is 6.71. The number of carbonyl (C=O) groups is 1. The Balaban J connectivity index is 2.56. The fraction of sp³-hybridized carbons (Fsp3) is 0.0909. The summed E-state index contributed by atoms with van der Waals surface area (Å²) in [5.74, 6) is -1.11. The normalized spacial score (nSPS) is 10.4. The molecule has 0 radical (unpaired) electrons. The summed E-state index contributed by atoms with van der Waals surface area (Å²) in [5.41, 5.74) is 0.677. The largest absolute Gasteiger partial charge is 0.464 e. The van der Waals surface area contributed by atoms with Crippen LogP contribution in [0.4, 0.5) is 4.39 Å². The van der Waals surface area contributed by atoms with E-state index in [0.29, 0.717) is 14.4 Å². The van der Waals surface area contributed by atoms with Crippen molar-refractivity contribution in [2.45, 2.75) is 0 Å². The molecule has 3 nitrogen and oxygen atoms in total. The Morgan fingerprint density at radius 1 is 1.56 bits per heavy atom. The third kappa shape index (κ3) is 2.55. The molecule has 94 valence electrons. The van der Waals surface area contributed by atoms with E-state index in [1.807, 2.05) is 0 Å². The van der Waals surface area contributed by atoms with Gasteiger partial charge in [-0.3, -0.25) is 0 Å². The van der Waals surface area contributed by atoms with E-state index in [2.05, 4.69) is 25.7 Å². The lowest BCUT2D eigenvalue weighted by molar-refractivity contribution is 0.0595. The Morgan fingerprint density at radius 3 is 2.89 bits per heavy atom. The molecule has 7 heteroatoms. The van der Waals surface area contributed by atoms with Gasteiger partial charge in [0.15, 0.2) is 9.61 Å². The first-order chi connectivity index (χ1) is 8.52. The van der Waals surface area contributed by atoms with Gasteiger partial charge in [-0.05, 0) is 33.6 Å². The van der Waals surface area contributed by atoms with Crippen LogP contribution in [0.5, 0.6) is 0 Å². The lowest BCUT2D eigenvalue weighted by Crippen LogP contribution is -2.03. The van der Waals surface area contributed by atoms with Gasteiger partial charge in [-0.25, -0.2) is 14.2 Å². The maximum atomic E-state index is 13.4. The molecule has 0 N–H and O–H groups in total. The van der Waals surface area contributed by atoms with Gasteiger partial charge in [-0.2, -0.15) is 0 Å². The number of hydrogen-bond acceptors (Lipinski definition) is 4. The minimum atomic E-state index is -0.567. The summed E-state index contributed by atoms with van der Waals surface area (Å²) < 4.78 is 18.6. The van der Waals surface area contributed by atoms with Crippen LogP contribution in [0.1, 0.15) is 10.5 Å². The molecule has 0 bridgehead atoms. The molecule has 0 atom stereocenters. The maximum Gasteiger partial charge on any atom is 0.358 e. The van der Waals surface area contributed by atoms with Gasteiger partial charge < -0.3 is 4.74 Å². The summed E-state index contributed by atoms with van der Waals surface area (Å²) in [4.78, 5) is 16.1. The van der Waals surface area contributed by atoms with E-state index >= 15 is 0 Å². The van der Waals surface area contributed by atoms with E-state index in [9.17, 15) is 9.18 Å². The fourth-order valence-corrected chi connectivity index (χ4v) is 2.92. The predicted molar refractivity (Wildman–Crippen MR) is 71.6 cm³/mol. The molecule has 0 saturated carbocycles. The van der Waals surface area contributed by atoms with Crippen molar-refractivity contribution in [3.63, 3.8) is 0 Å². The van der Waals surface area contributed by atoms with Crippen LogP contribution in [0.25, 0.3) is 10.4 Å². The van der Waals surface area contributed by atoms with E-state index in [1.165, 1.54) is 30.6 Å². The third-order valence-corrected chi connectivity index (χ3v) is 4.02. The number of methoxy groups -OCH3 is 1. The summed E-state index contributed by atoms with van der Waals surface area (Å²) in [7, 11) is 1.27. The molecule has 0 aliphatic carbocycles. The first kappa shape index (κ1) is 13.5. The summed E-state index contributed by atoms with van der Waals surface area (Å²) >= 11 is 10.0. The average Bonchev–Trinajstić information content (AvgIpc) is 2.74. The molecule has 2 aromatic rings. The van der Waals surface area contributed by atoms with Crippen LogP contribution >= 0.6 is 38.9 Å². The lowest BCUT2D eigenvalue weighted by atomic mass is 10.1. The number of ether oxygens (including phenoxy) is 1. The van der Waals surface area contributed by atoms with Crippen molar-refractivity contribution in [3.8, 4) is 10.4 Å². The minimum Gasteiger partial charge on any atom is -0.464 e. The third-order valence-electron chi connectivity index (χ3n) is 2.16. The highest BCUT2D eigenvalue weighted by molar-refractivity contribution is 9.11. The van der Waals surface area contributed by atoms with Crippen LogP contribution in [0.15, 0.2) is 22.1 Å². The van der Waals surface area contributed by atoms with E-state index in [0.717, 1.165) is 0 Å². The molecule has 2 rings (SSSR count). The molecule has 0 amide bonds. The summed E-state index contributed by atoms with van der Waals surface area (Å²) in [6, 6.07) is 4.31. The van der Waals surface area contributed by atoms with Crippen LogP contribution in [-0.2, 0) is 4.74 Å². The quantitative estimate of drug-likeness (QED) is 0.764. The number of esters is 1. The molecule has 1 heterocycles. The zero-order chi connectivity index (χ0) is 13.3. The zero-order valence-electron chi connectivity index (χ0n) is 9.04. The van der Waals surface area contributed by atoms with E-state index in [4.69, 9.17) is 11.6 Å².